The number of hydrogen-bond donors (Lipinski definition) is 3. The first-order valence-electron chi connectivity index (χ1n) is 14.4. The van der Waals surface area contributed by atoms with Crippen molar-refractivity contribution in [3.63, 3.8) is 0 Å². The summed E-state index contributed by atoms with van der Waals surface area (Å²) in [5.74, 6) is -0.891. The van der Waals surface area contributed by atoms with Crippen LogP contribution in [0.25, 0.3) is 11.3 Å². The number of rotatable bonds is 9. The molecule has 3 fully saturated rings. The molecule has 2 aliphatic heterocycles. The van der Waals surface area contributed by atoms with E-state index in [9.17, 15) is 28.2 Å². The average molecular weight is 596 g/mol. The van der Waals surface area contributed by atoms with Crippen LogP contribution in [-0.2, 0) is 4.79 Å². The van der Waals surface area contributed by atoms with Gasteiger partial charge in [-0.3, -0.25) is 9.69 Å². The van der Waals surface area contributed by atoms with Gasteiger partial charge in [-0.15, -0.1) is 0 Å². The van der Waals surface area contributed by atoms with Gasteiger partial charge in [-0.2, -0.15) is 13.2 Å². The maximum atomic E-state index is 15.1. The van der Waals surface area contributed by atoms with E-state index in [2.05, 4.69) is 9.97 Å². The molecule has 1 aromatic carbocycles. The van der Waals surface area contributed by atoms with Gasteiger partial charge >= 0.3 is 6.18 Å². The van der Waals surface area contributed by atoms with Crippen LogP contribution in [0, 0.1) is 17.2 Å². The molecule has 1 amide bonds. The van der Waals surface area contributed by atoms with Gasteiger partial charge in [0.2, 0.25) is 11.8 Å². The number of aromatic nitrogens is 2. The molecule has 0 bridgehead atoms. The predicted octanol–water partition coefficient (Wildman–Crippen LogP) is 3.41. The normalized spacial score (nSPS) is 24.6. The smallest absolute Gasteiger partial charge is 0.395 e. The van der Waals surface area contributed by atoms with E-state index in [1.54, 1.807) is 6.07 Å². The van der Waals surface area contributed by atoms with Gasteiger partial charge in [-0.25, -0.2) is 14.4 Å². The second kappa shape index (κ2) is 12.4. The Morgan fingerprint density at radius 1 is 1.14 bits per heavy atom. The number of amides is 1. The summed E-state index contributed by atoms with van der Waals surface area (Å²) in [6, 6.07) is 3.31. The summed E-state index contributed by atoms with van der Waals surface area (Å²) in [6.45, 7) is 1.86. The molecule has 3 unspecified atom stereocenters. The molecule has 1 aromatic heterocycles. The molecule has 3 heterocycles. The molecule has 1 aliphatic carbocycles. The number of piperidine rings is 2. The van der Waals surface area contributed by atoms with Crippen LogP contribution in [0.3, 0.4) is 0 Å². The largest absolute Gasteiger partial charge is 0.476 e. The second-order valence-corrected chi connectivity index (χ2v) is 11.8. The number of nitrogens with zero attached hydrogens (tertiary/aromatic N) is 4. The van der Waals surface area contributed by atoms with Crippen molar-refractivity contribution in [2.24, 2.45) is 17.1 Å². The molecule has 2 saturated heterocycles. The van der Waals surface area contributed by atoms with Crippen molar-refractivity contribution >= 4 is 5.91 Å². The first-order chi connectivity index (χ1) is 20.0. The minimum atomic E-state index is -4.15. The van der Waals surface area contributed by atoms with Gasteiger partial charge in [0.1, 0.15) is 12.0 Å². The summed E-state index contributed by atoms with van der Waals surface area (Å²) < 4.78 is 61.4. The molecule has 0 spiro atoms. The van der Waals surface area contributed by atoms with Crippen LogP contribution in [-0.4, -0.2) is 87.0 Å². The summed E-state index contributed by atoms with van der Waals surface area (Å²) in [7, 11) is 0. The molecule has 3 aliphatic rings. The molecule has 13 heteroatoms. The molecule has 0 radical (unpaired) electrons. The summed E-state index contributed by atoms with van der Waals surface area (Å²) in [5, 5.41) is 20.7. The van der Waals surface area contributed by atoms with E-state index in [-0.39, 0.29) is 43.8 Å². The fourth-order valence-electron chi connectivity index (χ4n) is 6.23. The molecule has 5 rings (SSSR count). The predicted molar refractivity (Wildman–Crippen MR) is 144 cm³/mol. The van der Waals surface area contributed by atoms with E-state index in [4.69, 9.17) is 10.5 Å². The van der Waals surface area contributed by atoms with Gasteiger partial charge in [-0.05, 0) is 63.6 Å². The number of aliphatic hydroxyl groups is 2. The third-order valence-corrected chi connectivity index (χ3v) is 9.07. The molecule has 42 heavy (non-hydrogen) atoms. The Labute approximate surface area is 241 Å². The number of aliphatic hydroxyl groups excluding tert-OH is 2. The van der Waals surface area contributed by atoms with Crippen LogP contribution in [0.4, 0.5) is 17.6 Å². The van der Waals surface area contributed by atoms with E-state index in [0.717, 1.165) is 12.8 Å². The first-order valence-corrected chi connectivity index (χ1v) is 14.4. The minimum Gasteiger partial charge on any atom is -0.476 e. The number of primary amides is 1. The Morgan fingerprint density at radius 3 is 2.45 bits per heavy atom. The first kappa shape index (κ1) is 30.6. The lowest BCUT2D eigenvalue weighted by Gasteiger charge is -2.47. The maximum Gasteiger partial charge on any atom is 0.395 e. The lowest BCUT2D eigenvalue weighted by Crippen LogP contribution is -2.53. The number of hydrogen-bond acceptors (Lipinski definition) is 8. The number of benzene rings is 1. The molecule has 1 saturated carbocycles. The van der Waals surface area contributed by atoms with Crippen LogP contribution in [0.2, 0.25) is 0 Å². The Bertz CT molecular complexity index is 1240. The maximum absolute atomic E-state index is 15.1. The van der Waals surface area contributed by atoms with E-state index in [1.807, 2.05) is 4.90 Å². The van der Waals surface area contributed by atoms with Crippen molar-refractivity contribution in [1.29, 1.82) is 0 Å². The minimum absolute atomic E-state index is 0.0263. The Kier molecular flexibility index (Phi) is 9.02. The Morgan fingerprint density at radius 2 is 1.88 bits per heavy atom. The van der Waals surface area contributed by atoms with Crippen molar-refractivity contribution in [1.82, 2.24) is 19.8 Å². The van der Waals surface area contributed by atoms with Crippen LogP contribution >= 0.6 is 0 Å². The van der Waals surface area contributed by atoms with Crippen LogP contribution < -0.4 is 10.5 Å². The highest BCUT2D eigenvalue weighted by Gasteiger charge is 2.58. The second-order valence-electron chi connectivity index (χ2n) is 11.8. The lowest BCUT2D eigenvalue weighted by molar-refractivity contribution is -0.256. The summed E-state index contributed by atoms with van der Waals surface area (Å²) in [4.78, 5) is 23.7. The molecule has 3 atom stereocenters. The van der Waals surface area contributed by atoms with Gasteiger partial charge in [0, 0.05) is 24.2 Å². The van der Waals surface area contributed by atoms with Crippen molar-refractivity contribution in [2.45, 2.75) is 69.5 Å². The quantitative estimate of drug-likeness (QED) is 0.377. The fourth-order valence-corrected chi connectivity index (χ4v) is 6.23. The topological polar surface area (TPSA) is 125 Å². The Balaban J connectivity index is 1.13. The number of carbonyl (C=O) groups is 1. The number of ether oxygens (including phenoxy) is 1. The van der Waals surface area contributed by atoms with Crippen LogP contribution in [0.1, 0.15) is 56.7 Å². The third kappa shape index (κ3) is 6.53. The van der Waals surface area contributed by atoms with Crippen molar-refractivity contribution in [2.75, 3.05) is 32.8 Å². The van der Waals surface area contributed by atoms with Crippen molar-refractivity contribution in [3.05, 3.63) is 42.0 Å². The number of nitrogens with two attached hydrogens (primary N) is 1. The monoisotopic (exact) mass is 595 g/mol. The van der Waals surface area contributed by atoms with Crippen LogP contribution in [0.15, 0.2) is 30.6 Å². The van der Waals surface area contributed by atoms with Gasteiger partial charge in [-0.1, -0.05) is 18.6 Å². The van der Waals surface area contributed by atoms with Crippen LogP contribution in [0.5, 0.6) is 5.88 Å². The highest BCUT2D eigenvalue weighted by Crippen LogP contribution is 2.53. The Hall–Kier alpha value is -2.87. The number of halogens is 4. The number of alkyl halides is 3. The zero-order valence-corrected chi connectivity index (χ0v) is 23.3. The number of carbonyl (C=O) groups excluding carboxylic acids is 1. The van der Waals surface area contributed by atoms with Gasteiger partial charge in [0.15, 0.2) is 0 Å². The van der Waals surface area contributed by atoms with Gasteiger partial charge in [0.05, 0.1) is 42.3 Å². The molecule has 4 N–H and O–H groups in total. The van der Waals surface area contributed by atoms with E-state index in [1.165, 1.54) is 29.4 Å². The zero-order chi connectivity index (χ0) is 30.1. The van der Waals surface area contributed by atoms with Gasteiger partial charge < -0.3 is 25.6 Å². The van der Waals surface area contributed by atoms with Crippen molar-refractivity contribution in [3.8, 4) is 17.1 Å². The molecular weight excluding hydrogens is 558 g/mol. The van der Waals surface area contributed by atoms with Crippen molar-refractivity contribution < 1.29 is 37.3 Å². The zero-order valence-electron chi connectivity index (χ0n) is 23.3. The fraction of sp³-hybridized carbons (Fsp3) is 0.621. The van der Waals surface area contributed by atoms with Gasteiger partial charge in [0.25, 0.3) is 0 Å². The summed E-state index contributed by atoms with van der Waals surface area (Å²) in [5.41, 5.74) is 4.69. The highest BCUT2D eigenvalue weighted by atomic mass is 19.4. The highest BCUT2D eigenvalue weighted by molar-refractivity contribution is 5.80. The van der Waals surface area contributed by atoms with E-state index >= 15 is 4.39 Å². The lowest BCUT2D eigenvalue weighted by atomic mass is 9.67. The molecule has 9 nitrogen and oxygen atoms in total. The summed E-state index contributed by atoms with van der Waals surface area (Å²) >= 11 is 0. The summed E-state index contributed by atoms with van der Waals surface area (Å²) in [6.07, 6.45) is -0.443. The average Bonchev–Trinajstić information content (AvgIpc) is 2.93. The standard InChI is InChI=1S/C29H37F4N5O4/c30-22-12-19(2-3-21(22)27(41)38-11-6-20(39)13-24(38)26(34)40)23-14-36-25(15-35-23)42-16-18-4-9-37(10-5-18)17-28(7-1-8-28)29(31,32)33/h2-3,12,14-15,18,20,24,27,39,41H,1,4-11,13,16-17H2,(H2,34,40). The van der Waals surface area contributed by atoms with E-state index < -0.39 is 41.7 Å². The number of likely N-dealkylation sites (tertiary alicyclic amines) is 2. The third-order valence-electron chi connectivity index (χ3n) is 9.07. The SMILES string of the molecule is NC(=O)C1CC(O)CCN1C(O)c1ccc(-c2cnc(OCC3CCN(CC4(C(F)(F)F)CCC4)CC3)cn2)cc1F. The molecule has 2 aromatic rings. The molecular formula is C29H37F4N5O4. The molecule has 230 valence electrons. The van der Waals surface area contributed by atoms with E-state index in [0.29, 0.717) is 49.7 Å².